The summed E-state index contributed by atoms with van der Waals surface area (Å²) in [6.07, 6.45) is 1.06. The third kappa shape index (κ3) is 11.4. The number of nitro groups is 2. The summed E-state index contributed by atoms with van der Waals surface area (Å²) >= 11 is 0. The number of rotatable bonds is 17. The molecular weight excluding hydrogens is 418 g/mol. The lowest BCUT2D eigenvalue weighted by Gasteiger charge is -2.09. The van der Waals surface area contributed by atoms with Crippen molar-refractivity contribution in [3.8, 4) is 0 Å². The van der Waals surface area contributed by atoms with Gasteiger partial charge in [0.05, 0.1) is 42.3 Å². The molecule has 1 aromatic carbocycles. The first-order valence-corrected chi connectivity index (χ1v) is 9.51. The summed E-state index contributed by atoms with van der Waals surface area (Å²) in [5.74, 6) is -1.30. The lowest BCUT2D eigenvalue weighted by atomic mass is 10.2. The maximum absolute atomic E-state index is 11.4. The van der Waals surface area contributed by atoms with Crippen LogP contribution in [0.1, 0.15) is 25.7 Å². The van der Waals surface area contributed by atoms with E-state index in [1.165, 1.54) is 12.1 Å². The summed E-state index contributed by atoms with van der Waals surface area (Å²) in [5.41, 5.74) is -0.608. The number of benzene rings is 1. The Labute approximate surface area is 177 Å². The molecule has 31 heavy (non-hydrogen) atoms. The van der Waals surface area contributed by atoms with Crippen molar-refractivity contribution in [1.29, 1.82) is 0 Å². The molecule has 0 aliphatic carbocycles. The second kappa shape index (κ2) is 14.6. The molecule has 0 aromatic heterocycles. The molecule has 0 amide bonds. The van der Waals surface area contributed by atoms with Gasteiger partial charge in [0.15, 0.2) is 0 Å². The number of ether oxygens (including phenoxy) is 3. The van der Waals surface area contributed by atoms with E-state index >= 15 is 0 Å². The van der Waals surface area contributed by atoms with Gasteiger partial charge in [-0.15, -0.1) is 0 Å². The number of aliphatic carboxylic acids is 1. The van der Waals surface area contributed by atoms with Crippen LogP contribution in [-0.4, -0.2) is 66.5 Å². The van der Waals surface area contributed by atoms with Gasteiger partial charge in [0.25, 0.3) is 11.4 Å². The first kappa shape index (κ1) is 25.7. The van der Waals surface area contributed by atoms with Crippen molar-refractivity contribution >= 4 is 29.0 Å². The average molecular weight is 443 g/mol. The van der Waals surface area contributed by atoms with Gasteiger partial charge >= 0.3 is 11.9 Å². The number of nitro benzene ring substituents is 2. The van der Waals surface area contributed by atoms with Crippen molar-refractivity contribution in [3.63, 3.8) is 0 Å². The normalized spacial score (nSPS) is 10.5. The number of hydrogen-bond donors (Lipinski definition) is 2. The zero-order valence-corrected chi connectivity index (χ0v) is 16.8. The van der Waals surface area contributed by atoms with Gasteiger partial charge < -0.3 is 24.6 Å². The third-order valence-electron chi connectivity index (χ3n) is 3.83. The number of carbonyl (C=O) groups excluding carboxylic acids is 1. The minimum Gasteiger partial charge on any atom is -0.481 e. The van der Waals surface area contributed by atoms with Gasteiger partial charge in [-0.05, 0) is 18.9 Å². The predicted molar refractivity (Wildman–Crippen MR) is 107 cm³/mol. The van der Waals surface area contributed by atoms with Crippen LogP contribution in [0.5, 0.6) is 0 Å². The number of non-ortho nitro benzene ring substituents is 1. The fourth-order valence-corrected chi connectivity index (χ4v) is 2.35. The molecule has 0 atom stereocenters. The fraction of sp³-hybridized carbons (Fsp3) is 0.556. The Morgan fingerprint density at radius 1 is 0.935 bits per heavy atom. The smallest absolute Gasteiger partial charge is 0.305 e. The number of hydrogen-bond acceptors (Lipinski definition) is 10. The molecule has 13 heteroatoms. The topological polar surface area (TPSA) is 180 Å². The Balaban J connectivity index is 2.07. The second-order valence-corrected chi connectivity index (χ2v) is 6.19. The number of carboxylic acids is 1. The summed E-state index contributed by atoms with van der Waals surface area (Å²) < 4.78 is 15.5. The van der Waals surface area contributed by atoms with Gasteiger partial charge in [-0.25, -0.2) is 0 Å². The maximum Gasteiger partial charge on any atom is 0.305 e. The van der Waals surface area contributed by atoms with E-state index in [0.717, 1.165) is 6.07 Å². The molecule has 1 rings (SSSR count). The van der Waals surface area contributed by atoms with E-state index in [1.807, 2.05) is 0 Å². The van der Waals surface area contributed by atoms with Crippen molar-refractivity contribution in [2.75, 3.05) is 44.9 Å². The molecule has 0 saturated carbocycles. The standard InChI is InChI=1S/C18H25N3O10/c22-17(23)3-1-2-4-18(24)31-12-11-30-10-9-29-8-7-19-15-6-5-14(20(25)26)13-16(15)21(27)28/h5-6,13,19H,1-4,7-12H2,(H,22,23). The predicted octanol–water partition coefficient (Wildman–Crippen LogP) is 2.14. The van der Waals surface area contributed by atoms with Gasteiger partial charge in [0.2, 0.25) is 0 Å². The van der Waals surface area contributed by atoms with E-state index in [0.29, 0.717) is 12.8 Å². The average Bonchev–Trinajstić information content (AvgIpc) is 2.72. The van der Waals surface area contributed by atoms with Crippen LogP contribution in [0.15, 0.2) is 18.2 Å². The largest absolute Gasteiger partial charge is 0.481 e. The van der Waals surface area contributed by atoms with Crippen LogP contribution in [-0.2, 0) is 23.8 Å². The highest BCUT2D eigenvalue weighted by Crippen LogP contribution is 2.28. The van der Waals surface area contributed by atoms with Crippen molar-refractivity contribution < 1.29 is 38.8 Å². The molecule has 0 fully saturated rings. The summed E-state index contributed by atoms with van der Waals surface area (Å²) in [5, 5.41) is 33.0. The molecule has 1 aromatic rings. The minimum atomic E-state index is -0.896. The number of esters is 1. The van der Waals surface area contributed by atoms with Crippen LogP contribution in [0.25, 0.3) is 0 Å². The van der Waals surface area contributed by atoms with Crippen LogP contribution < -0.4 is 5.32 Å². The van der Waals surface area contributed by atoms with Crippen molar-refractivity contribution in [2.45, 2.75) is 25.7 Å². The molecule has 13 nitrogen and oxygen atoms in total. The summed E-state index contributed by atoms with van der Waals surface area (Å²) in [6.45, 7) is 1.27. The molecular formula is C18H25N3O10. The van der Waals surface area contributed by atoms with Crippen LogP contribution >= 0.6 is 0 Å². The quantitative estimate of drug-likeness (QED) is 0.156. The molecule has 0 unspecified atom stereocenters. The Morgan fingerprint density at radius 3 is 2.23 bits per heavy atom. The highest BCUT2D eigenvalue weighted by atomic mass is 16.6. The number of carbonyl (C=O) groups is 2. The van der Waals surface area contributed by atoms with Gasteiger partial charge in [-0.3, -0.25) is 29.8 Å². The number of anilines is 1. The minimum absolute atomic E-state index is 0.0245. The van der Waals surface area contributed by atoms with E-state index in [9.17, 15) is 29.8 Å². The van der Waals surface area contributed by atoms with Crippen LogP contribution in [0.3, 0.4) is 0 Å². The monoisotopic (exact) mass is 443 g/mol. The zero-order valence-electron chi connectivity index (χ0n) is 16.8. The summed E-state index contributed by atoms with van der Waals surface area (Å²) in [4.78, 5) is 42.1. The number of nitrogens with zero attached hydrogens (tertiary/aromatic N) is 2. The lowest BCUT2D eigenvalue weighted by molar-refractivity contribution is -0.393. The van der Waals surface area contributed by atoms with E-state index in [4.69, 9.17) is 19.3 Å². The highest BCUT2D eigenvalue weighted by molar-refractivity contribution is 5.69. The van der Waals surface area contributed by atoms with Crippen molar-refractivity contribution in [2.24, 2.45) is 0 Å². The Morgan fingerprint density at radius 2 is 1.58 bits per heavy atom. The fourth-order valence-electron chi connectivity index (χ4n) is 2.35. The van der Waals surface area contributed by atoms with Crippen LogP contribution in [0.4, 0.5) is 17.1 Å². The molecule has 0 saturated heterocycles. The number of unbranched alkanes of at least 4 members (excludes halogenated alkanes) is 1. The van der Waals surface area contributed by atoms with Crippen LogP contribution in [0, 0.1) is 20.2 Å². The van der Waals surface area contributed by atoms with E-state index in [-0.39, 0.29) is 63.8 Å². The van der Waals surface area contributed by atoms with Gasteiger partial charge in [0, 0.05) is 25.5 Å². The number of nitrogens with one attached hydrogen (secondary N) is 1. The lowest BCUT2D eigenvalue weighted by Crippen LogP contribution is -2.15. The van der Waals surface area contributed by atoms with Crippen LogP contribution in [0.2, 0.25) is 0 Å². The Hall–Kier alpha value is -3.32. The van der Waals surface area contributed by atoms with Gasteiger partial charge in [0.1, 0.15) is 12.3 Å². The molecule has 0 aliphatic heterocycles. The Kier molecular flexibility index (Phi) is 12.1. The summed E-state index contributed by atoms with van der Waals surface area (Å²) in [6, 6.07) is 3.33. The van der Waals surface area contributed by atoms with Crippen molar-refractivity contribution in [1.82, 2.24) is 0 Å². The molecule has 0 bridgehead atoms. The number of carboxylic acid groups (broad SMARTS) is 1. The van der Waals surface area contributed by atoms with E-state index in [2.05, 4.69) is 5.32 Å². The highest BCUT2D eigenvalue weighted by Gasteiger charge is 2.18. The molecule has 0 heterocycles. The molecule has 0 aliphatic rings. The zero-order chi connectivity index (χ0) is 23.1. The first-order valence-electron chi connectivity index (χ1n) is 9.51. The molecule has 0 spiro atoms. The van der Waals surface area contributed by atoms with Crippen molar-refractivity contribution in [3.05, 3.63) is 38.4 Å². The first-order chi connectivity index (χ1) is 14.8. The Bertz CT molecular complexity index is 756. The van der Waals surface area contributed by atoms with Gasteiger partial charge in [-0.2, -0.15) is 0 Å². The summed E-state index contributed by atoms with van der Waals surface area (Å²) in [7, 11) is 0. The SMILES string of the molecule is O=C(O)CCCCC(=O)OCCOCCOCCNc1ccc([N+](=O)[O-])cc1[N+](=O)[O-]. The molecule has 0 radical (unpaired) electrons. The van der Waals surface area contributed by atoms with E-state index < -0.39 is 27.5 Å². The van der Waals surface area contributed by atoms with E-state index in [1.54, 1.807) is 0 Å². The maximum atomic E-state index is 11.4. The second-order valence-electron chi connectivity index (χ2n) is 6.19. The molecule has 2 N–H and O–H groups in total. The molecule has 172 valence electrons. The third-order valence-corrected chi connectivity index (χ3v) is 3.83. The van der Waals surface area contributed by atoms with Gasteiger partial charge in [-0.1, -0.05) is 0 Å².